The Morgan fingerprint density at radius 2 is 1.76 bits per heavy atom. The average molecular weight is 356 g/mol. The number of amides is 1. The summed E-state index contributed by atoms with van der Waals surface area (Å²) in [6.07, 6.45) is 1.07. The predicted molar refractivity (Wildman–Crippen MR) is 106 cm³/mol. The normalized spacial score (nSPS) is 10.4. The molecule has 2 N–H and O–H groups in total. The topological polar surface area (TPSA) is 50.4 Å². The van der Waals surface area contributed by atoms with Gasteiger partial charge in [-0.05, 0) is 42.3 Å². The van der Waals surface area contributed by atoms with Gasteiger partial charge in [0.1, 0.15) is 5.75 Å². The maximum Gasteiger partial charge on any atom is 0.226 e. The Morgan fingerprint density at radius 3 is 2.48 bits per heavy atom. The molecule has 0 heterocycles. The van der Waals surface area contributed by atoms with Gasteiger partial charge in [-0.15, -0.1) is 0 Å². The molecule has 0 unspecified atom stereocenters. The lowest BCUT2D eigenvalue weighted by molar-refractivity contribution is -0.119. The van der Waals surface area contributed by atoms with Crippen molar-refractivity contribution in [2.75, 3.05) is 11.9 Å². The number of para-hydroxylation sites is 2. The monoisotopic (exact) mass is 356 g/mol. The predicted octanol–water partition coefficient (Wildman–Crippen LogP) is 4.17. The third-order valence-corrected chi connectivity index (χ3v) is 3.65. The Bertz CT molecular complexity index is 702. The van der Waals surface area contributed by atoms with E-state index in [4.69, 9.17) is 17.0 Å². The van der Waals surface area contributed by atoms with Crippen molar-refractivity contribution in [2.24, 2.45) is 5.92 Å². The molecule has 0 saturated carbocycles. The molecule has 0 aliphatic rings. The minimum absolute atomic E-state index is 0.109. The number of rotatable bonds is 7. The van der Waals surface area contributed by atoms with Crippen molar-refractivity contribution in [1.82, 2.24) is 5.32 Å². The Kier molecular flexibility index (Phi) is 7.41. The fraction of sp³-hybridized carbons (Fsp3) is 0.300. The molecule has 0 fully saturated rings. The van der Waals surface area contributed by atoms with Gasteiger partial charge in [-0.3, -0.25) is 4.79 Å². The van der Waals surface area contributed by atoms with Gasteiger partial charge in [0.15, 0.2) is 5.11 Å². The SMILES string of the molecule is CC(C)COc1ccccc1NC(=S)NC(=O)CCc1ccccc1. The zero-order valence-corrected chi connectivity index (χ0v) is 15.4. The van der Waals surface area contributed by atoms with E-state index in [0.717, 1.165) is 17.0 Å². The van der Waals surface area contributed by atoms with Crippen LogP contribution in [0.3, 0.4) is 0 Å². The first kappa shape index (κ1) is 18.9. The first-order valence-corrected chi connectivity index (χ1v) is 8.82. The molecule has 0 aliphatic heterocycles. The van der Waals surface area contributed by atoms with Crippen LogP contribution in [0.15, 0.2) is 54.6 Å². The summed E-state index contributed by atoms with van der Waals surface area (Å²) in [4.78, 5) is 12.0. The Morgan fingerprint density at radius 1 is 1.08 bits per heavy atom. The van der Waals surface area contributed by atoms with Gasteiger partial charge in [-0.25, -0.2) is 0 Å². The number of hydrogen-bond donors (Lipinski definition) is 2. The van der Waals surface area contributed by atoms with Crippen molar-refractivity contribution in [3.05, 3.63) is 60.2 Å². The molecular weight excluding hydrogens is 332 g/mol. The van der Waals surface area contributed by atoms with Crippen LogP contribution < -0.4 is 15.4 Å². The van der Waals surface area contributed by atoms with Gasteiger partial charge in [-0.1, -0.05) is 56.3 Å². The number of thiocarbonyl (C=S) groups is 1. The van der Waals surface area contributed by atoms with E-state index in [1.54, 1.807) is 0 Å². The number of ether oxygens (including phenoxy) is 1. The zero-order valence-electron chi connectivity index (χ0n) is 14.6. The Labute approximate surface area is 154 Å². The molecule has 0 aliphatic carbocycles. The summed E-state index contributed by atoms with van der Waals surface area (Å²) in [7, 11) is 0. The van der Waals surface area contributed by atoms with E-state index in [1.807, 2.05) is 54.6 Å². The van der Waals surface area contributed by atoms with E-state index in [9.17, 15) is 4.79 Å². The molecule has 0 atom stereocenters. The van der Waals surface area contributed by atoms with Gasteiger partial charge >= 0.3 is 0 Å². The highest BCUT2D eigenvalue weighted by Crippen LogP contribution is 2.24. The van der Waals surface area contributed by atoms with Gasteiger partial charge in [0.05, 0.1) is 12.3 Å². The van der Waals surface area contributed by atoms with E-state index >= 15 is 0 Å². The lowest BCUT2D eigenvalue weighted by Gasteiger charge is -2.15. The molecule has 0 aromatic heterocycles. The number of hydrogen-bond acceptors (Lipinski definition) is 3. The molecule has 0 radical (unpaired) electrons. The molecule has 0 saturated heterocycles. The zero-order chi connectivity index (χ0) is 18.1. The molecule has 132 valence electrons. The molecule has 2 aromatic carbocycles. The van der Waals surface area contributed by atoms with E-state index < -0.39 is 0 Å². The third kappa shape index (κ3) is 6.93. The second-order valence-electron chi connectivity index (χ2n) is 6.19. The summed E-state index contributed by atoms with van der Waals surface area (Å²) in [5.74, 6) is 1.04. The molecule has 1 amide bonds. The number of aryl methyl sites for hydroxylation is 1. The van der Waals surface area contributed by atoms with Crippen molar-refractivity contribution in [2.45, 2.75) is 26.7 Å². The van der Waals surface area contributed by atoms with Gasteiger partial charge in [0.2, 0.25) is 5.91 Å². The minimum atomic E-state index is -0.109. The second kappa shape index (κ2) is 9.79. The molecule has 0 spiro atoms. The maximum absolute atomic E-state index is 12.0. The fourth-order valence-electron chi connectivity index (χ4n) is 2.20. The quantitative estimate of drug-likeness (QED) is 0.731. The van der Waals surface area contributed by atoms with Crippen LogP contribution in [0.5, 0.6) is 5.75 Å². The third-order valence-electron chi connectivity index (χ3n) is 3.44. The summed E-state index contributed by atoms with van der Waals surface area (Å²) < 4.78 is 5.77. The van der Waals surface area contributed by atoms with E-state index in [2.05, 4.69) is 24.5 Å². The van der Waals surface area contributed by atoms with Crippen molar-refractivity contribution in [3.8, 4) is 5.75 Å². The van der Waals surface area contributed by atoms with Crippen LogP contribution in [0.2, 0.25) is 0 Å². The van der Waals surface area contributed by atoms with Crippen LogP contribution in [0.25, 0.3) is 0 Å². The summed E-state index contributed by atoms with van der Waals surface area (Å²) in [6.45, 7) is 4.80. The molecule has 4 nitrogen and oxygen atoms in total. The van der Waals surface area contributed by atoms with E-state index in [-0.39, 0.29) is 11.0 Å². The van der Waals surface area contributed by atoms with Crippen LogP contribution in [-0.4, -0.2) is 17.6 Å². The van der Waals surface area contributed by atoms with Gasteiger partial charge in [0, 0.05) is 6.42 Å². The number of benzene rings is 2. The maximum atomic E-state index is 12.0. The average Bonchev–Trinajstić information content (AvgIpc) is 2.60. The number of anilines is 1. The van der Waals surface area contributed by atoms with Crippen LogP contribution in [-0.2, 0) is 11.2 Å². The van der Waals surface area contributed by atoms with Gasteiger partial charge in [0.25, 0.3) is 0 Å². The van der Waals surface area contributed by atoms with Crippen molar-refractivity contribution < 1.29 is 9.53 Å². The number of nitrogens with one attached hydrogen (secondary N) is 2. The smallest absolute Gasteiger partial charge is 0.226 e. The highest BCUT2D eigenvalue weighted by molar-refractivity contribution is 7.80. The fourth-order valence-corrected chi connectivity index (χ4v) is 2.42. The van der Waals surface area contributed by atoms with Crippen molar-refractivity contribution in [3.63, 3.8) is 0 Å². The summed E-state index contributed by atoms with van der Waals surface area (Å²) in [5, 5.41) is 6.03. The van der Waals surface area contributed by atoms with Gasteiger partial charge in [-0.2, -0.15) is 0 Å². The Hall–Kier alpha value is -2.40. The highest BCUT2D eigenvalue weighted by Gasteiger charge is 2.09. The van der Waals surface area contributed by atoms with Crippen LogP contribution in [0.1, 0.15) is 25.8 Å². The standard InChI is InChI=1S/C20H24N2O2S/c1-15(2)14-24-18-11-7-6-10-17(18)21-20(25)22-19(23)13-12-16-8-4-3-5-9-16/h3-11,15H,12-14H2,1-2H3,(H2,21,22,23,25). The summed E-state index contributed by atoms with van der Waals surface area (Å²) >= 11 is 5.24. The molecule has 2 aromatic rings. The van der Waals surface area contributed by atoms with E-state index in [1.165, 1.54) is 0 Å². The van der Waals surface area contributed by atoms with Crippen LogP contribution in [0.4, 0.5) is 5.69 Å². The summed E-state index contributed by atoms with van der Waals surface area (Å²) in [5.41, 5.74) is 1.88. The largest absolute Gasteiger partial charge is 0.491 e. The summed E-state index contributed by atoms with van der Waals surface area (Å²) in [6, 6.07) is 17.5. The van der Waals surface area contributed by atoms with Gasteiger partial charge < -0.3 is 15.4 Å². The Balaban J connectivity index is 1.84. The number of carbonyl (C=O) groups is 1. The van der Waals surface area contributed by atoms with Crippen LogP contribution >= 0.6 is 12.2 Å². The molecule has 5 heteroatoms. The van der Waals surface area contributed by atoms with Crippen molar-refractivity contribution >= 4 is 28.9 Å². The highest BCUT2D eigenvalue weighted by atomic mass is 32.1. The molecule has 0 bridgehead atoms. The van der Waals surface area contributed by atoms with Crippen molar-refractivity contribution in [1.29, 1.82) is 0 Å². The van der Waals surface area contributed by atoms with Crippen LogP contribution in [0, 0.1) is 5.92 Å². The minimum Gasteiger partial charge on any atom is -0.491 e. The first-order valence-electron chi connectivity index (χ1n) is 8.41. The lowest BCUT2D eigenvalue weighted by Crippen LogP contribution is -2.34. The molecular formula is C20H24N2O2S. The molecule has 25 heavy (non-hydrogen) atoms. The molecule has 2 rings (SSSR count). The van der Waals surface area contributed by atoms with E-state index in [0.29, 0.717) is 25.4 Å². The second-order valence-corrected chi connectivity index (χ2v) is 6.60. The number of carbonyl (C=O) groups excluding carboxylic acids is 1. The lowest BCUT2D eigenvalue weighted by atomic mass is 10.1. The first-order chi connectivity index (χ1) is 12.0.